The number of nitrogens with one attached hydrogen (secondary N) is 2. The van der Waals surface area contributed by atoms with Crippen molar-refractivity contribution in [1.29, 1.82) is 0 Å². The molecule has 0 aliphatic rings. The van der Waals surface area contributed by atoms with Crippen LogP contribution in [0.1, 0.15) is 77.1 Å². The van der Waals surface area contributed by atoms with Crippen LogP contribution in [-0.2, 0) is 30.3 Å². The fourth-order valence-corrected chi connectivity index (χ4v) is 4.41. The van der Waals surface area contributed by atoms with Crippen LogP contribution in [0.25, 0.3) is 0 Å². The van der Waals surface area contributed by atoms with E-state index < -0.39 is 47.6 Å². The molecule has 2 rings (SSSR count). The van der Waals surface area contributed by atoms with Crippen molar-refractivity contribution in [3.63, 3.8) is 0 Å². The number of carbonyl (C=O) groups is 4. The zero-order valence-electron chi connectivity index (χ0n) is 25.7. The van der Waals surface area contributed by atoms with E-state index in [0.29, 0.717) is 12.0 Å². The predicted octanol–water partition coefficient (Wildman–Crippen LogP) is 4.57. The van der Waals surface area contributed by atoms with Crippen LogP contribution in [-0.4, -0.2) is 64.7 Å². The molecule has 0 spiro atoms. The number of amides is 3. The molecule has 0 radical (unpaired) electrons. The molecular formula is C32H45N3O7. The van der Waals surface area contributed by atoms with Gasteiger partial charge in [-0.25, -0.2) is 4.79 Å². The van der Waals surface area contributed by atoms with E-state index in [2.05, 4.69) is 10.6 Å². The van der Waals surface area contributed by atoms with E-state index in [9.17, 15) is 24.3 Å². The molecule has 0 bridgehead atoms. The summed E-state index contributed by atoms with van der Waals surface area (Å²) in [6.45, 7) is 12.5. The Bertz CT molecular complexity index is 1210. The van der Waals surface area contributed by atoms with Gasteiger partial charge in [-0.15, -0.1) is 0 Å². The lowest BCUT2D eigenvalue weighted by molar-refractivity contribution is -0.146. The summed E-state index contributed by atoms with van der Waals surface area (Å²) >= 11 is 0. The number of phenols is 1. The minimum Gasteiger partial charge on any atom is -0.507 e. The number of rotatable bonds is 13. The number of para-hydroxylation sites is 1. The van der Waals surface area contributed by atoms with E-state index in [1.54, 1.807) is 59.7 Å². The second kappa shape index (κ2) is 15.8. The summed E-state index contributed by atoms with van der Waals surface area (Å²) in [7, 11) is 0. The van der Waals surface area contributed by atoms with E-state index in [4.69, 9.17) is 9.47 Å². The first-order valence-electron chi connectivity index (χ1n) is 14.4. The molecule has 3 atom stereocenters. The van der Waals surface area contributed by atoms with Gasteiger partial charge >= 0.3 is 12.1 Å². The molecule has 0 fully saturated rings. The lowest BCUT2D eigenvalue weighted by Crippen LogP contribution is -2.56. The number of ether oxygens (including phenoxy) is 2. The maximum absolute atomic E-state index is 14.5. The average Bonchev–Trinajstić information content (AvgIpc) is 2.92. The van der Waals surface area contributed by atoms with Crippen molar-refractivity contribution < 1.29 is 33.8 Å². The topological polar surface area (TPSA) is 134 Å². The standard InChI is InChI=1S/C32H45N3O7/c1-8-22(4)35(30(39)25(20-23-15-11-10-12-16-23)34-31(40)42-32(5,6)7)27(24-17-13-14-21(3)28(24)37)29(38)33-19-18-26(36)41-9-2/h10-17,22,25,27,37H,8-9,18-20H2,1-7H3,(H,33,38)(H,34,40). The molecule has 3 amide bonds. The Kier molecular flexibility index (Phi) is 12.8. The molecule has 2 aromatic rings. The van der Waals surface area contributed by atoms with Gasteiger partial charge < -0.3 is 30.1 Å². The Labute approximate surface area is 248 Å². The minimum absolute atomic E-state index is 0.0209. The molecule has 3 unspecified atom stereocenters. The first kappa shape index (κ1) is 34.1. The van der Waals surface area contributed by atoms with Crippen molar-refractivity contribution >= 4 is 23.9 Å². The quantitative estimate of drug-likeness (QED) is 0.294. The minimum atomic E-state index is -1.26. The number of hydrogen-bond acceptors (Lipinski definition) is 7. The van der Waals surface area contributed by atoms with E-state index in [-0.39, 0.29) is 37.3 Å². The van der Waals surface area contributed by atoms with Gasteiger partial charge in [0, 0.05) is 24.6 Å². The fourth-order valence-electron chi connectivity index (χ4n) is 4.41. The lowest BCUT2D eigenvalue weighted by Gasteiger charge is -2.38. The highest BCUT2D eigenvalue weighted by molar-refractivity contribution is 5.93. The molecule has 10 heteroatoms. The van der Waals surface area contributed by atoms with Crippen molar-refractivity contribution in [3.8, 4) is 5.75 Å². The van der Waals surface area contributed by atoms with Gasteiger partial charge in [-0.1, -0.05) is 55.5 Å². The van der Waals surface area contributed by atoms with Gasteiger partial charge in [0.25, 0.3) is 0 Å². The van der Waals surface area contributed by atoms with Crippen LogP contribution in [0.15, 0.2) is 48.5 Å². The third-order valence-corrected chi connectivity index (χ3v) is 6.62. The Balaban J connectivity index is 2.57. The largest absolute Gasteiger partial charge is 0.507 e. The van der Waals surface area contributed by atoms with Gasteiger partial charge in [-0.05, 0) is 59.1 Å². The van der Waals surface area contributed by atoms with E-state index >= 15 is 0 Å². The molecule has 2 aromatic carbocycles. The van der Waals surface area contributed by atoms with Crippen LogP contribution in [0.2, 0.25) is 0 Å². The van der Waals surface area contributed by atoms with Gasteiger partial charge in [-0.2, -0.15) is 0 Å². The van der Waals surface area contributed by atoms with E-state index in [1.807, 2.05) is 37.3 Å². The number of aromatic hydroxyl groups is 1. The zero-order valence-corrected chi connectivity index (χ0v) is 25.7. The number of esters is 1. The maximum atomic E-state index is 14.5. The van der Waals surface area contributed by atoms with E-state index in [1.165, 1.54) is 4.90 Å². The zero-order chi connectivity index (χ0) is 31.4. The predicted molar refractivity (Wildman–Crippen MR) is 160 cm³/mol. The first-order chi connectivity index (χ1) is 19.8. The Hall–Kier alpha value is -4.08. The van der Waals surface area contributed by atoms with Gasteiger partial charge in [0.05, 0.1) is 13.0 Å². The van der Waals surface area contributed by atoms with Gasteiger partial charge in [0.15, 0.2) is 0 Å². The molecule has 0 saturated heterocycles. The highest BCUT2D eigenvalue weighted by Crippen LogP contribution is 2.34. The molecule has 230 valence electrons. The number of phenolic OH excluding ortho intramolecular Hbond substituents is 1. The van der Waals surface area contributed by atoms with Gasteiger partial charge in [0.1, 0.15) is 23.4 Å². The van der Waals surface area contributed by atoms with Crippen LogP contribution in [0.3, 0.4) is 0 Å². The number of aryl methyl sites for hydroxylation is 1. The summed E-state index contributed by atoms with van der Waals surface area (Å²) in [5, 5.41) is 16.5. The maximum Gasteiger partial charge on any atom is 0.408 e. The molecule has 0 saturated carbocycles. The molecule has 10 nitrogen and oxygen atoms in total. The van der Waals surface area contributed by atoms with Gasteiger partial charge in [-0.3, -0.25) is 14.4 Å². The number of hydrogen-bond donors (Lipinski definition) is 3. The number of carbonyl (C=O) groups excluding carboxylic acids is 4. The lowest BCUT2D eigenvalue weighted by atomic mass is 9.96. The summed E-state index contributed by atoms with van der Waals surface area (Å²) in [5.41, 5.74) is 0.758. The summed E-state index contributed by atoms with van der Waals surface area (Å²) in [6.07, 6.45) is -0.201. The van der Waals surface area contributed by atoms with Crippen LogP contribution in [0.5, 0.6) is 5.75 Å². The normalized spacial score (nSPS) is 13.3. The fraction of sp³-hybridized carbons (Fsp3) is 0.500. The first-order valence-corrected chi connectivity index (χ1v) is 14.4. The number of alkyl carbamates (subject to hydrolysis) is 1. The van der Waals surface area contributed by atoms with Crippen molar-refractivity contribution in [2.75, 3.05) is 13.2 Å². The summed E-state index contributed by atoms with van der Waals surface area (Å²) in [4.78, 5) is 54.5. The molecule has 0 heterocycles. The molecular weight excluding hydrogens is 538 g/mol. The van der Waals surface area contributed by atoms with Gasteiger partial charge in [0.2, 0.25) is 11.8 Å². The van der Waals surface area contributed by atoms with Crippen LogP contribution < -0.4 is 10.6 Å². The highest BCUT2D eigenvalue weighted by Gasteiger charge is 2.39. The highest BCUT2D eigenvalue weighted by atomic mass is 16.6. The van der Waals surface area contributed by atoms with E-state index in [0.717, 1.165) is 5.56 Å². The Morgan fingerprint density at radius 2 is 1.67 bits per heavy atom. The number of nitrogens with zero attached hydrogens (tertiary/aromatic N) is 1. The number of benzene rings is 2. The van der Waals surface area contributed by atoms with Crippen LogP contribution in [0, 0.1) is 6.92 Å². The van der Waals surface area contributed by atoms with Crippen molar-refractivity contribution in [2.45, 2.75) is 91.5 Å². The van der Waals surface area contributed by atoms with Crippen LogP contribution >= 0.6 is 0 Å². The summed E-state index contributed by atoms with van der Waals surface area (Å²) in [5.74, 6) is -1.69. The molecule has 0 aromatic heterocycles. The SMILES string of the molecule is CCOC(=O)CCNC(=O)C(c1cccc(C)c1O)N(C(=O)C(Cc1ccccc1)NC(=O)OC(C)(C)C)C(C)CC. The molecule has 0 aliphatic carbocycles. The average molecular weight is 584 g/mol. The van der Waals surface area contributed by atoms with Crippen molar-refractivity contribution in [3.05, 3.63) is 65.2 Å². The monoisotopic (exact) mass is 583 g/mol. The van der Waals surface area contributed by atoms with Crippen molar-refractivity contribution in [2.24, 2.45) is 0 Å². The Morgan fingerprint density at radius 1 is 1.00 bits per heavy atom. The molecule has 42 heavy (non-hydrogen) atoms. The second-order valence-corrected chi connectivity index (χ2v) is 11.2. The summed E-state index contributed by atoms with van der Waals surface area (Å²) < 4.78 is 10.4. The Morgan fingerprint density at radius 3 is 2.26 bits per heavy atom. The second-order valence-electron chi connectivity index (χ2n) is 11.2. The van der Waals surface area contributed by atoms with Crippen molar-refractivity contribution in [1.82, 2.24) is 15.5 Å². The molecule has 0 aliphatic heterocycles. The smallest absolute Gasteiger partial charge is 0.408 e. The third-order valence-electron chi connectivity index (χ3n) is 6.62. The summed E-state index contributed by atoms with van der Waals surface area (Å²) in [6, 6.07) is 11.4. The van der Waals surface area contributed by atoms with Crippen LogP contribution in [0.4, 0.5) is 4.79 Å². The molecule has 3 N–H and O–H groups in total. The third kappa shape index (κ3) is 10.1.